The fourth-order valence-electron chi connectivity index (χ4n) is 1.59. The molecule has 0 bridgehead atoms. The van der Waals surface area contributed by atoms with Gasteiger partial charge in [-0.05, 0) is 35.9 Å². The van der Waals surface area contributed by atoms with Crippen LogP contribution in [0.15, 0.2) is 54.6 Å². The summed E-state index contributed by atoms with van der Waals surface area (Å²) < 4.78 is 0. The third kappa shape index (κ3) is 2.99. The summed E-state index contributed by atoms with van der Waals surface area (Å²) in [5, 5.41) is 0.642. The average Bonchev–Trinajstić information content (AvgIpc) is 2.37. The predicted octanol–water partition coefficient (Wildman–Crippen LogP) is 3.82. The molecule has 0 fully saturated rings. The number of hydrogen-bond acceptors (Lipinski definition) is 2. The molecule has 0 aliphatic heterocycles. The summed E-state index contributed by atoms with van der Waals surface area (Å²) in [6.45, 7) is 0. The monoisotopic (exact) mass is 257 g/mol. The van der Waals surface area contributed by atoms with E-state index in [0.29, 0.717) is 16.3 Å². The van der Waals surface area contributed by atoms with Crippen LogP contribution in [0.4, 0.5) is 5.69 Å². The van der Waals surface area contributed by atoms with Crippen molar-refractivity contribution in [3.05, 3.63) is 70.8 Å². The van der Waals surface area contributed by atoms with Gasteiger partial charge in [0.25, 0.3) is 0 Å². The standard InChI is InChI=1S/C15H12ClNO/c16-12-5-3-4-11(10-12)8-9-15(18)13-6-1-2-7-14(13)17/h1-10H,17H2/b9-8+. The van der Waals surface area contributed by atoms with Crippen LogP contribution in [0.25, 0.3) is 6.08 Å². The molecular formula is C15H12ClNO. The third-order valence-corrected chi connectivity index (χ3v) is 2.74. The van der Waals surface area contributed by atoms with E-state index in [-0.39, 0.29) is 5.78 Å². The fraction of sp³-hybridized carbons (Fsp3) is 0. The number of nitrogens with two attached hydrogens (primary N) is 1. The van der Waals surface area contributed by atoms with E-state index in [1.54, 1.807) is 42.5 Å². The van der Waals surface area contributed by atoms with Crippen molar-refractivity contribution in [2.24, 2.45) is 0 Å². The van der Waals surface area contributed by atoms with Crippen molar-refractivity contribution in [1.29, 1.82) is 0 Å². The number of benzene rings is 2. The highest BCUT2D eigenvalue weighted by Gasteiger charge is 2.04. The van der Waals surface area contributed by atoms with Crippen molar-refractivity contribution >= 4 is 29.1 Å². The molecule has 0 radical (unpaired) electrons. The zero-order valence-electron chi connectivity index (χ0n) is 9.64. The molecule has 0 aliphatic carbocycles. The molecule has 0 saturated carbocycles. The normalized spacial score (nSPS) is 10.7. The van der Waals surface area contributed by atoms with Crippen LogP contribution in [0, 0.1) is 0 Å². The summed E-state index contributed by atoms with van der Waals surface area (Å²) in [5.41, 5.74) is 7.61. The van der Waals surface area contributed by atoms with Crippen LogP contribution < -0.4 is 5.73 Å². The summed E-state index contributed by atoms with van der Waals surface area (Å²) in [5.74, 6) is -0.118. The number of hydrogen-bond donors (Lipinski definition) is 1. The number of nitrogen functional groups attached to an aromatic ring is 1. The molecule has 0 amide bonds. The molecule has 2 aromatic carbocycles. The first-order valence-electron chi connectivity index (χ1n) is 5.49. The molecule has 90 valence electrons. The lowest BCUT2D eigenvalue weighted by Crippen LogP contribution is -1.99. The third-order valence-electron chi connectivity index (χ3n) is 2.50. The zero-order valence-corrected chi connectivity index (χ0v) is 10.4. The summed E-state index contributed by atoms with van der Waals surface area (Å²) in [6, 6.07) is 14.3. The minimum atomic E-state index is -0.118. The lowest BCUT2D eigenvalue weighted by molar-refractivity contribution is 0.104. The second-order valence-electron chi connectivity index (χ2n) is 3.84. The van der Waals surface area contributed by atoms with E-state index in [9.17, 15) is 4.79 Å². The molecule has 2 N–H and O–H groups in total. The van der Waals surface area contributed by atoms with Gasteiger partial charge >= 0.3 is 0 Å². The number of halogens is 1. The van der Waals surface area contributed by atoms with E-state index in [0.717, 1.165) is 5.56 Å². The molecule has 0 heterocycles. The maximum absolute atomic E-state index is 11.9. The molecule has 0 unspecified atom stereocenters. The average molecular weight is 258 g/mol. The Balaban J connectivity index is 2.20. The van der Waals surface area contributed by atoms with E-state index in [1.165, 1.54) is 6.08 Å². The summed E-state index contributed by atoms with van der Waals surface area (Å²) in [6.07, 6.45) is 3.22. The molecular weight excluding hydrogens is 246 g/mol. The first-order valence-corrected chi connectivity index (χ1v) is 5.87. The molecule has 0 spiro atoms. The number of rotatable bonds is 3. The Morgan fingerprint density at radius 2 is 1.89 bits per heavy atom. The van der Waals surface area contributed by atoms with Crippen LogP contribution in [0.5, 0.6) is 0 Å². The van der Waals surface area contributed by atoms with E-state index in [1.807, 2.05) is 12.1 Å². The molecule has 0 saturated heterocycles. The van der Waals surface area contributed by atoms with Gasteiger partial charge in [-0.1, -0.05) is 41.9 Å². The fourth-order valence-corrected chi connectivity index (χ4v) is 1.79. The highest BCUT2D eigenvalue weighted by molar-refractivity contribution is 6.30. The van der Waals surface area contributed by atoms with Crippen LogP contribution >= 0.6 is 11.6 Å². The van der Waals surface area contributed by atoms with E-state index in [2.05, 4.69) is 0 Å². The van der Waals surface area contributed by atoms with Crippen molar-refractivity contribution in [2.45, 2.75) is 0 Å². The number of para-hydroxylation sites is 1. The van der Waals surface area contributed by atoms with Crippen LogP contribution in [-0.4, -0.2) is 5.78 Å². The Morgan fingerprint density at radius 3 is 2.61 bits per heavy atom. The number of carbonyl (C=O) groups excluding carboxylic acids is 1. The molecule has 0 aliphatic rings. The van der Waals surface area contributed by atoms with Gasteiger partial charge < -0.3 is 5.73 Å². The van der Waals surface area contributed by atoms with Gasteiger partial charge in [-0.3, -0.25) is 4.79 Å². The topological polar surface area (TPSA) is 43.1 Å². The molecule has 3 heteroatoms. The van der Waals surface area contributed by atoms with Gasteiger partial charge in [-0.15, -0.1) is 0 Å². The maximum Gasteiger partial charge on any atom is 0.187 e. The number of anilines is 1. The van der Waals surface area contributed by atoms with Crippen molar-refractivity contribution in [2.75, 3.05) is 5.73 Å². The van der Waals surface area contributed by atoms with Crippen LogP contribution in [0.1, 0.15) is 15.9 Å². The smallest absolute Gasteiger partial charge is 0.187 e. The number of ketones is 1. The molecule has 0 atom stereocenters. The number of allylic oxidation sites excluding steroid dienone is 1. The minimum Gasteiger partial charge on any atom is -0.398 e. The van der Waals surface area contributed by atoms with E-state index < -0.39 is 0 Å². The van der Waals surface area contributed by atoms with Gasteiger partial charge in [-0.25, -0.2) is 0 Å². The highest BCUT2D eigenvalue weighted by atomic mass is 35.5. The summed E-state index contributed by atoms with van der Waals surface area (Å²) in [4.78, 5) is 11.9. The molecule has 18 heavy (non-hydrogen) atoms. The van der Waals surface area contributed by atoms with Gasteiger partial charge in [-0.2, -0.15) is 0 Å². The quantitative estimate of drug-likeness (QED) is 0.516. The van der Waals surface area contributed by atoms with Crippen molar-refractivity contribution in [3.63, 3.8) is 0 Å². The van der Waals surface area contributed by atoms with Crippen LogP contribution in [0.2, 0.25) is 5.02 Å². The van der Waals surface area contributed by atoms with Crippen molar-refractivity contribution < 1.29 is 4.79 Å². The van der Waals surface area contributed by atoms with Crippen LogP contribution in [-0.2, 0) is 0 Å². The summed E-state index contributed by atoms with van der Waals surface area (Å²) in [7, 11) is 0. The first kappa shape index (κ1) is 12.4. The molecule has 2 aromatic rings. The second-order valence-corrected chi connectivity index (χ2v) is 4.28. The molecule has 2 rings (SSSR count). The Kier molecular flexibility index (Phi) is 3.80. The SMILES string of the molecule is Nc1ccccc1C(=O)/C=C/c1cccc(Cl)c1. The van der Waals surface area contributed by atoms with Gasteiger partial charge in [0.05, 0.1) is 0 Å². The zero-order chi connectivity index (χ0) is 13.0. The Bertz CT molecular complexity index is 605. The lowest BCUT2D eigenvalue weighted by atomic mass is 10.1. The number of carbonyl (C=O) groups is 1. The Hall–Kier alpha value is -2.06. The van der Waals surface area contributed by atoms with Crippen LogP contribution in [0.3, 0.4) is 0 Å². The van der Waals surface area contributed by atoms with Crippen molar-refractivity contribution in [3.8, 4) is 0 Å². The van der Waals surface area contributed by atoms with E-state index in [4.69, 9.17) is 17.3 Å². The van der Waals surface area contributed by atoms with Gasteiger partial charge in [0.15, 0.2) is 5.78 Å². The highest BCUT2D eigenvalue weighted by Crippen LogP contribution is 2.14. The molecule has 2 nitrogen and oxygen atoms in total. The molecule has 0 aromatic heterocycles. The first-order chi connectivity index (χ1) is 8.66. The Labute approximate surface area is 111 Å². The lowest BCUT2D eigenvalue weighted by Gasteiger charge is -2.00. The summed E-state index contributed by atoms with van der Waals surface area (Å²) >= 11 is 5.86. The second kappa shape index (κ2) is 5.52. The van der Waals surface area contributed by atoms with Gasteiger partial charge in [0.1, 0.15) is 0 Å². The predicted molar refractivity (Wildman–Crippen MR) is 75.7 cm³/mol. The van der Waals surface area contributed by atoms with Gasteiger partial charge in [0.2, 0.25) is 0 Å². The minimum absolute atomic E-state index is 0.118. The Morgan fingerprint density at radius 1 is 1.11 bits per heavy atom. The largest absolute Gasteiger partial charge is 0.398 e. The van der Waals surface area contributed by atoms with Gasteiger partial charge in [0, 0.05) is 16.3 Å². The maximum atomic E-state index is 11.9. The van der Waals surface area contributed by atoms with Crippen molar-refractivity contribution in [1.82, 2.24) is 0 Å². The van der Waals surface area contributed by atoms with E-state index >= 15 is 0 Å².